The number of carbonyl (C=O) groups is 2. The molecule has 0 aromatic heterocycles. The highest BCUT2D eigenvalue weighted by molar-refractivity contribution is 5.87. The topological polar surface area (TPSA) is 84.9 Å². The highest BCUT2D eigenvalue weighted by Crippen LogP contribution is 2.16. The molecule has 0 fully saturated rings. The molecule has 0 aliphatic carbocycles. The quantitative estimate of drug-likeness (QED) is 0.600. The van der Waals surface area contributed by atoms with Crippen molar-refractivity contribution in [1.29, 1.82) is 0 Å². The number of esters is 1. The molecule has 0 aliphatic rings. The molecule has 0 aliphatic heterocycles. The molecule has 2 aromatic carbocycles. The first kappa shape index (κ1) is 22.4. The third kappa shape index (κ3) is 7.58. The SMILES string of the molecule is COC(=O)[C@@H](Cc1ccc(OCc2ccccc2)cc1)NC(=O)[C@@H](O)CC(C)C. The molecule has 0 spiro atoms. The van der Waals surface area contributed by atoms with Crippen LogP contribution in [0.4, 0.5) is 0 Å². The van der Waals surface area contributed by atoms with Gasteiger partial charge in [0.25, 0.3) is 0 Å². The third-order valence-electron chi connectivity index (χ3n) is 4.41. The fraction of sp³-hybridized carbons (Fsp3) is 0.391. The van der Waals surface area contributed by atoms with Gasteiger partial charge in [0.05, 0.1) is 7.11 Å². The molecule has 0 heterocycles. The predicted octanol–water partition coefficient (Wildman–Crippen LogP) is 2.87. The van der Waals surface area contributed by atoms with Crippen LogP contribution in [-0.2, 0) is 27.4 Å². The highest BCUT2D eigenvalue weighted by atomic mass is 16.5. The number of hydrogen-bond acceptors (Lipinski definition) is 5. The van der Waals surface area contributed by atoms with Crippen molar-refractivity contribution in [1.82, 2.24) is 5.32 Å². The molecule has 1 amide bonds. The van der Waals surface area contributed by atoms with Crippen molar-refractivity contribution in [2.24, 2.45) is 5.92 Å². The molecule has 0 bridgehead atoms. The fourth-order valence-corrected chi connectivity index (χ4v) is 2.86. The van der Waals surface area contributed by atoms with Crippen molar-refractivity contribution < 1.29 is 24.2 Å². The lowest BCUT2D eigenvalue weighted by Gasteiger charge is -2.20. The van der Waals surface area contributed by atoms with Gasteiger partial charge in [0.15, 0.2) is 0 Å². The van der Waals surface area contributed by atoms with Gasteiger partial charge in [-0.15, -0.1) is 0 Å². The van der Waals surface area contributed by atoms with Crippen molar-refractivity contribution in [3.63, 3.8) is 0 Å². The van der Waals surface area contributed by atoms with Gasteiger partial charge in [-0.1, -0.05) is 56.3 Å². The average Bonchev–Trinajstić information content (AvgIpc) is 2.72. The van der Waals surface area contributed by atoms with E-state index in [9.17, 15) is 14.7 Å². The van der Waals surface area contributed by atoms with Gasteiger partial charge in [-0.2, -0.15) is 0 Å². The van der Waals surface area contributed by atoms with Gasteiger partial charge < -0.3 is 19.9 Å². The minimum absolute atomic E-state index is 0.163. The van der Waals surface area contributed by atoms with Gasteiger partial charge in [0, 0.05) is 6.42 Å². The predicted molar refractivity (Wildman–Crippen MR) is 110 cm³/mol. The number of aliphatic hydroxyl groups is 1. The van der Waals surface area contributed by atoms with Crippen LogP contribution in [0.2, 0.25) is 0 Å². The van der Waals surface area contributed by atoms with Gasteiger partial charge in [-0.3, -0.25) is 4.79 Å². The summed E-state index contributed by atoms with van der Waals surface area (Å²) in [6.45, 7) is 4.29. The van der Waals surface area contributed by atoms with E-state index in [2.05, 4.69) is 5.32 Å². The summed E-state index contributed by atoms with van der Waals surface area (Å²) in [6, 6.07) is 16.3. The van der Waals surface area contributed by atoms with Crippen molar-refractivity contribution in [2.45, 2.75) is 45.4 Å². The van der Waals surface area contributed by atoms with Crippen LogP contribution in [0.3, 0.4) is 0 Å². The molecule has 0 saturated carbocycles. The molecule has 6 heteroatoms. The zero-order valence-electron chi connectivity index (χ0n) is 17.1. The fourth-order valence-electron chi connectivity index (χ4n) is 2.86. The van der Waals surface area contributed by atoms with E-state index in [1.165, 1.54) is 7.11 Å². The summed E-state index contributed by atoms with van der Waals surface area (Å²) in [7, 11) is 1.27. The van der Waals surface area contributed by atoms with Crippen LogP contribution < -0.4 is 10.1 Å². The lowest BCUT2D eigenvalue weighted by molar-refractivity contribution is -0.146. The van der Waals surface area contributed by atoms with E-state index < -0.39 is 24.0 Å². The van der Waals surface area contributed by atoms with Gasteiger partial charge in [0.2, 0.25) is 5.91 Å². The number of benzene rings is 2. The molecule has 156 valence electrons. The van der Waals surface area contributed by atoms with E-state index in [-0.39, 0.29) is 12.3 Å². The molecule has 0 unspecified atom stereocenters. The standard InChI is InChI=1S/C23H29NO5/c1-16(2)13-21(25)22(26)24-20(23(27)28-3)14-17-9-11-19(12-10-17)29-15-18-7-5-4-6-8-18/h4-12,16,20-21,25H,13-15H2,1-3H3,(H,24,26)/t20-,21+/m1/s1. The van der Waals surface area contributed by atoms with E-state index in [1.807, 2.05) is 68.4 Å². The Kier molecular flexibility index (Phi) is 8.68. The minimum atomic E-state index is -1.16. The summed E-state index contributed by atoms with van der Waals surface area (Å²) in [6.07, 6.45) is -0.574. The van der Waals surface area contributed by atoms with Crippen LogP contribution in [0.25, 0.3) is 0 Å². The van der Waals surface area contributed by atoms with E-state index in [1.54, 1.807) is 0 Å². The number of hydrogen-bond donors (Lipinski definition) is 2. The first-order chi connectivity index (χ1) is 13.9. The number of rotatable bonds is 10. The second-order valence-electron chi connectivity index (χ2n) is 7.35. The second kappa shape index (κ2) is 11.2. The molecular weight excluding hydrogens is 370 g/mol. The van der Waals surface area contributed by atoms with Crippen molar-refractivity contribution >= 4 is 11.9 Å². The Labute approximate surface area is 171 Å². The first-order valence-electron chi connectivity index (χ1n) is 9.71. The summed E-state index contributed by atoms with van der Waals surface area (Å²) in [5.74, 6) is -0.254. The van der Waals surface area contributed by atoms with Crippen molar-refractivity contribution in [2.75, 3.05) is 7.11 Å². The zero-order chi connectivity index (χ0) is 21.2. The van der Waals surface area contributed by atoms with Crippen molar-refractivity contribution in [3.8, 4) is 5.75 Å². The van der Waals surface area contributed by atoms with Gasteiger partial charge >= 0.3 is 5.97 Å². The maximum atomic E-state index is 12.2. The lowest BCUT2D eigenvalue weighted by Crippen LogP contribution is -2.47. The van der Waals surface area contributed by atoms with E-state index in [4.69, 9.17) is 9.47 Å². The van der Waals surface area contributed by atoms with E-state index in [0.717, 1.165) is 11.1 Å². The number of amides is 1. The van der Waals surface area contributed by atoms with Crippen LogP contribution in [0, 0.1) is 5.92 Å². The third-order valence-corrected chi connectivity index (χ3v) is 4.41. The van der Waals surface area contributed by atoms with Crippen LogP contribution >= 0.6 is 0 Å². The van der Waals surface area contributed by atoms with Gasteiger partial charge in [-0.25, -0.2) is 4.79 Å². The molecule has 2 rings (SSSR count). The zero-order valence-corrected chi connectivity index (χ0v) is 17.1. The van der Waals surface area contributed by atoms with E-state index in [0.29, 0.717) is 18.8 Å². The van der Waals surface area contributed by atoms with Gasteiger partial charge in [0.1, 0.15) is 24.5 Å². The summed E-state index contributed by atoms with van der Waals surface area (Å²) in [5.41, 5.74) is 1.91. The minimum Gasteiger partial charge on any atom is -0.489 e. The normalized spacial score (nSPS) is 12.9. The number of carbonyl (C=O) groups excluding carboxylic acids is 2. The van der Waals surface area contributed by atoms with Crippen molar-refractivity contribution in [3.05, 3.63) is 65.7 Å². The van der Waals surface area contributed by atoms with Gasteiger partial charge in [-0.05, 0) is 35.6 Å². The Hall–Kier alpha value is -2.86. The number of nitrogens with one attached hydrogen (secondary N) is 1. The highest BCUT2D eigenvalue weighted by Gasteiger charge is 2.25. The molecular formula is C23H29NO5. The Bertz CT molecular complexity index is 774. The Morgan fingerprint density at radius 3 is 2.24 bits per heavy atom. The molecule has 0 saturated heterocycles. The van der Waals surface area contributed by atoms with Crippen LogP contribution in [0.15, 0.2) is 54.6 Å². The van der Waals surface area contributed by atoms with Crippen LogP contribution in [-0.4, -0.2) is 36.2 Å². The average molecular weight is 399 g/mol. The number of aliphatic hydroxyl groups excluding tert-OH is 1. The second-order valence-corrected chi connectivity index (χ2v) is 7.35. The Morgan fingerprint density at radius 1 is 1.00 bits per heavy atom. The molecule has 2 aromatic rings. The lowest BCUT2D eigenvalue weighted by atomic mass is 10.0. The molecule has 29 heavy (non-hydrogen) atoms. The molecule has 0 radical (unpaired) electrons. The van der Waals surface area contributed by atoms with E-state index >= 15 is 0 Å². The summed E-state index contributed by atoms with van der Waals surface area (Å²) in [5, 5.41) is 12.6. The van der Waals surface area contributed by atoms with Crippen LogP contribution in [0.1, 0.15) is 31.4 Å². The molecule has 2 N–H and O–H groups in total. The number of ether oxygens (including phenoxy) is 2. The maximum Gasteiger partial charge on any atom is 0.328 e. The summed E-state index contributed by atoms with van der Waals surface area (Å²) >= 11 is 0. The largest absolute Gasteiger partial charge is 0.489 e. The number of methoxy groups -OCH3 is 1. The Balaban J connectivity index is 1.96. The summed E-state index contributed by atoms with van der Waals surface area (Å²) in [4.78, 5) is 24.3. The first-order valence-corrected chi connectivity index (χ1v) is 9.71. The van der Waals surface area contributed by atoms with Crippen LogP contribution in [0.5, 0.6) is 5.75 Å². The Morgan fingerprint density at radius 2 is 1.66 bits per heavy atom. The summed E-state index contributed by atoms with van der Waals surface area (Å²) < 4.78 is 10.6. The molecule has 2 atom stereocenters. The molecule has 6 nitrogen and oxygen atoms in total. The smallest absolute Gasteiger partial charge is 0.328 e. The monoisotopic (exact) mass is 399 g/mol. The maximum absolute atomic E-state index is 12.2.